The van der Waals surface area contributed by atoms with Crippen LogP contribution in [-0.4, -0.2) is 40.2 Å². The molecule has 0 spiro atoms. The van der Waals surface area contributed by atoms with Crippen LogP contribution in [0.15, 0.2) is 46.0 Å². The first-order chi connectivity index (χ1) is 16.3. The number of rotatable bonds is 4. The highest BCUT2D eigenvalue weighted by Gasteiger charge is 2.28. The minimum Gasteiger partial charge on any atom is -0.505 e. The van der Waals surface area contributed by atoms with Crippen molar-refractivity contribution in [3.05, 3.63) is 67.7 Å². The highest BCUT2D eigenvalue weighted by Crippen LogP contribution is 2.47. The van der Waals surface area contributed by atoms with E-state index in [-0.39, 0.29) is 22.3 Å². The molecule has 0 radical (unpaired) electrons. The Labute approximate surface area is 195 Å². The van der Waals surface area contributed by atoms with Crippen LogP contribution in [0.1, 0.15) is 15.2 Å². The summed E-state index contributed by atoms with van der Waals surface area (Å²) in [6.07, 6.45) is 0. The van der Waals surface area contributed by atoms with Gasteiger partial charge in [-0.3, -0.25) is 14.8 Å². The SMILES string of the molecule is COC(=O)c1c(C)sc(-c2c(-c3ccc4cc(OC)ccc4c3)[nH]c3[nH]c(=O)[nH]c(=O)c23)c1O. The zero-order valence-corrected chi connectivity index (χ0v) is 19.2. The lowest BCUT2D eigenvalue weighted by Crippen LogP contribution is -2.21. The van der Waals surface area contributed by atoms with Gasteiger partial charge in [0.25, 0.3) is 5.56 Å². The number of carbonyl (C=O) groups excluding carboxylic acids is 1. The van der Waals surface area contributed by atoms with Crippen molar-refractivity contribution in [1.82, 2.24) is 15.0 Å². The topological polar surface area (TPSA) is 137 Å². The summed E-state index contributed by atoms with van der Waals surface area (Å²) < 4.78 is 10.1. The van der Waals surface area contributed by atoms with Gasteiger partial charge in [0, 0.05) is 10.4 Å². The van der Waals surface area contributed by atoms with E-state index >= 15 is 0 Å². The lowest BCUT2D eigenvalue weighted by Gasteiger charge is -2.07. The van der Waals surface area contributed by atoms with Crippen LogP contribution in [0.4, 0.5) is 0 Å². The van der Waals surface area contributed by atoms with Crippen LogP contribution in [-0.2, 0) is 4.74 Å². The van der Waals surface area contributed by atoms with Crippen LogP contribution in [0.25, 0.3) is 43.5 Å². The minimum atomic E-state index is -0.680. The standard InChI is InChI=1S/C24H19N3O6S/c1-10-15(23(30)33-3)19(28)20(34-10)16-17-21(26-24(31)27-22(17)29)25-18(16)13-5-4-12-9-14(32-2)7-6-11(12)8-13/h4-9,28H,1-3H3,(H3,25,26,27,29,31). The monoisotopic (exact) mass is 477 g/mol. The molecule has 5 aromatic rings. The summed E-state index contributed by atoms with van der Waals surface area (Å²) in [4.78, 5) is 45.8. The van der Waals surface area contributed by atoms with Crippen molar-refractivity contribution in [2.75, 3.05) is 14.2 Å². The number of ether oxygens (including phenoxy) is 2. The number of thiophene rings is 1. The molecular weight excluding hydrogens is 458 g/mol. The third-order valence-electron chi connectivity index (χ3n) is 5.70. The molecule has 0 amide bonds. The van der Waals surface area contributed by atoms with Gasteiger partial charge in [-0.05, 0) is 41.5 Å². The predicted octanol–water partition coefficient (Wildman–Crippen LogP) is 3.90. The van der Waals surface area contributed by atoms with Gasteiger partial charge in [-0.25, -0.2) is 9.59 Å². The first-order valence-electron chi connectivity index (χ1n) is 10.2. The van der Waals surface area contributed by atoms with Gasteiger partial charge in [-0.15, -0.1) is 11.3 Å². The third kappa shape index (κ3) is 3.27. The molecule has 0 aliphatic rings. The maximum atomic E-state index is 12.8. The van der Waals surface area contributed by atoms with Gasteiger partial charge in [0.15, 0.2) is 0 Å². The number of aromatic hydroxyl groups is 1. The van der Waals surface area contributed by atoms with E-state index in [4.69, 9.17) is 9.47 Å². The van der Waals surface area contributed by atoms with E-state index in [1.165, 1.54) is 7.11 Å². The number of hydrogen-bond acceptors (Lipinski definition) is 7. The van der Waals surface area contributed by atoms with Crippen molar-refractivity contribution < 1.29 is 19.4 Å². The largest absolute Gasteiger partial charge is 0.505 e. The fraction of sp³-hybridized carbons (Fsp3) is 0.125. The second-order valence-electron chi connectivity index (χ2n) is 7.66. The molecule has 4 N–H and O–H groups in total. The quantitative estimate of drug-likeness (QED) is 0.290. The molecule has 0 bridgehead atoms. The number of carbonyl (C=O) groups is 1. The molecule has 9 nitrogen and oxygen atoms in total. The number of esters is 1. The Morgan fingerprint density at radius 3 is 2.47 bits per heavy atom. The van der Waals surface area contributed by atoms with Gasteiger partial charge in [0.1, 0.15) is 22.7 Å². The van der Waals surface area contributed by atoms with Gasteiger partial charge in [-0.1, -0.05) is 18.2 Å². The number of aromatic amines is 3. The average Bonchev–Trinajstić information content (AvgIpc) is 3.34. The molecule has 0 fully saturated rings. The number of hydrogen-bond donors (Lipinski definition) is 4. The van der Waals surface area contributed by atoms with E-state index in [2.05, 4.69) is 15.0 Å². The molecule has 3 aromatic heterocycles. The molecule has 0 saturated heterocycles. The Balaban J connectivity index is 1.84. The highest BCUT2D eigenvalue weighted by atomic mass is 32.1. The van der Waals surface area contributed by atoms with Gasteiger partial charge >= 0.3 is 11.7 Å². The second-order valence-corrected chi connectivity index (χ2v) is 8.89. The fourth-order valence-corrected chi connectivity index (χ4v) is 5.22. The first-order valence-corrected chi connectivity index (χ1v) is 11.0. The maximum Gasteiger partial charge on any atom is 0.342 e. The van der Waals surface area contributed by atoms with Crippen molar-refractivity contribution in [2.45, 2.75) is 6.92 Å². The molecule has 0 saturated carbocycles. The number of nitrogens with one attached hydrogen (secondary N) is 3. The van der Waals surface area contributed by atoms with E-state index in [1.54, 1.807) is 14.0 Å². The maximum absolute atomic E-state index is 12.8. The van der Waals surface area contributed by atoms with Crippen LogP contribution in [0, 0.1) is 6.92 Å². The summed E-state index contributed by atoms with van der Waals surface area (Å²) in [6.45, 7) is 1.68. The molecule has 0 aliphatic heterocycles. The molecule has 5 rings (SSSR count). The van der Waals surface area contributed by atoms with E-state index in [9.17, 15) is 19.5 Å². The predicted molar refractivity (Wildman–Crippen MR) is 130 cm³/mol. The Hall–Kier alpha value is -4.31. The van der Waals surface area contributed by atoms with Gasteiger partial charge in [-0.2, -0.15) is 0 Å². The Morgan fingerprint density at radius 1 is 1.00 bits per heavy atom. The molecule has 172 valence electrons. The van der Waals surface area contributed by atoms with E-state index < -0.39 is 17.2 Å². The summed E-state index contributed by atoms with van der Waals surface area (Å²) in [7, 11) is 2.83. The lowest BCUT2D eigenvalue weighted by molar-refractivity contribution is 0.0597. The molecule has 2 aromatic carbocycles. The zero-order valence-electron chi connectivity index (χ0n) is 18.4. The minimum absolute atomic E-state index is 0.0364. The third-order valence-corrected chi connectivity index (χ3v) is 6.82. The average molecular weight is 477 g/mol. The van der Waals surface area contributed by atoms with E-state index in [0.717, 1.165) is 27.9 Å². The van der Waals surface area contributed by atoms with Crippen LogP contribution < -0.4 is 16.0 Å². The van der Waals surface area contributed by atoms with Crippen LogP contribution in [0.3, 0.4) is 0 Å². The van der Waals surface area contributed by atoms with Gasteiger partial charge < -0.3 is 19.6 Å². The summed E-state index contributed by atoms with van der Waals surface area (Å²) in [5.74, 6) is -0.238. The number of benzene rings is 2. The number of H-pyrrole nitrogens is 3. The first kappa shape index (κ1) is 21.5. The lowest BCUT2D eigenvalue weighted by atomic mass is 10.0. The van der Waals surface area contributed by atoms with Crippen molar-refractivity contribution in [1.29, 1.82) is 0 Å². The summed E-state index contributed by atoms with van der Waals surface area (Å²) in [6, 6.07) is 11.4. The zero-order chi connectivity index (χ0) is 24.1. The van der Waals surface area contributed by atoms with Crippen molar-refractivity contribution in [2.24, 2.45) is 0 Å². The second kappa shape index (κ2) is 7.92. The molecule has 0 aliphatic carbocycles. The van der Waals surface area contributed by atoms with E-state index in [1.807, 2.05) is 36.4 Å². The molecule has 3 heterocycles. The van der Waals surface area contributed by atoms with Crippen LogP contribution in [0.5, 0.6) is 11.5 Å². The van der Waals surface area contributed by atoms with Crippen LogP contribution >= 0.6 is 11.3 Å². The van der Waals surface area contributed by atoms with Crippen molar-refractivity contribution in [3.8, 4) is 33.2 Å². The summed E-state index contributed by atoms with van der Waals surface area (Å²) in [5.41, 5.74) is 0.562. The normalized spacial score (nSPS) is 11.3. The fourth-order valence-electron chi connectivity index (χ4n) is 4.13. The summed E-state index contributed by atoms with van der Waals surface area (Å²) in [5, 5.41) is 13.0. The Bertz CT molecular complexity index is 1720. The smallest absolute Gasteiger partial charge is 0.342 e. The molecular formula is C24H19N3O6S. The van der Waals surface area contributed by atoms with Crippen molar-refractivity contribution >= 4 is 39.1 Å². The van der Waals surface area contributed by atoms with E-state index in [0.29, 0.717) is 26.6 Å². The summed E-state index contributed by atoms with van der Waals surface area (Å²) >= 11 is 1.16. The number of aryl methyl sites for hydroxylation is 1. The molecule has 34 heavy (non-hydrogen) atoms. The van der Waals surface area contributed by atoms with Crippen LogP contribution in [0.2, 0.25) is 0 Å². The molecule has 0 unspecified atom stereocenters. The molecule has 0 atom stereocenters. The number of methoxy groups -OCH3 is 2. The number of aromatic nitrogens is 3. The number of fused-ring (bicyclic) bond motifs is 2. The Kier molecular flexibility index (Phi) is 5.02. The van der Waals surface area contributed by atoms with Gasteiger partial charge in [0.05, 0.1) is 30.2 Å². The Morgan fingerprint density at radius 2 is 1.74 bits per heavy atom. The van der Waals surface area contributed by atoms with Crippen molar-refractivity contribution in [3.63, 3.8) is 0 Å². The highest BCUT2D eigenvalue weighted by molar-refractivity contribution is 7.16. The van der Waals surface area contributed by atoms with Gasteiger partial charge in [0.2, 0.25) is 0 Å². The molecule has 10 heteroatoms.